The first-order chi connectivity index (χ1) is 11.4. The lowest BCUT2D eigenvalue weighted by Gasteiger charge is -2.08. The maximum atomic E-state index is 13.5. The highest BCUT2D eigenvalue weighted by atomic mass is 32.2. The predicted molar refractivity (Wildman–Crippen MR) is 90.8 cm³/mol. The Morgan fingerprint density at radius 3 is 2.75 bits per heavy atom. The second-order valence-corrected chi connectivity index (χ2v) is 6.55. The molecule has 0 unspecified atom stereocenters. The van der Waals surface area contributed by atoms with Crippen molar-refractivity contribution >= 4 is 23.4 Å². The summed E-state index contributed by atoms with van der Waals surface area (Å²) in [7, 11) is 0. The van der Waals surface area contributed by atoms with Gasteiger partial charge in [0.25, 0.3) is 5.56 Å². The third-order valence-electron chi connectivity index (χ3n) is 3.07. The molecule has 2 aromatic rings. The fourth-order valence-corrected chi connectivity index (χ4v) is 2.66. The number of benzene rings is 1. The van der Waals surface area contributed by atoms with E-state index in [1.165, 1.54) is 18.2 Å². The molecule has 0 fully saturated rings. The van der Waals surface area contributed by atoms with Gasteiger partial charge in [-0.1, -0.05) is 37.7 Å². The van der Waals surface area contributed by atoms with Crippen LogP contribution in [0.5, 0.6) is 5.88 Å². The number of aromatic hydroxyl groups is 1. The van der Waals surface area contributed by atoms with Gasteiger partial charge in [0.15, 0.2) is 5.16 Å². The van der Waals surface area contributed by atoms with Crippen LogP contribution in [0.25, 0.3) is 0 Å². The first-order valence-electron chi connectivity index (χ1n) is 7.36. The molecule has 0 atom stereocenters. The molecule has 2 rings (SSSR count). The molecule has 0 saturated carbocycles. The standard InChI is InChI=1S/C16H18FN3O3S/c1-9(2)7-10-14(22)19-16(20-15(10)23)24-8-13(21)18-12-6-4-3-5-11(12)17/h3-6,9H,7-8H2,1-2H3,(H,18,21)(H2,19,20,22,23). The van der Waals surface area contributed by atoms with Crippen LogP contribution in [0.4, 0.5) is 10.1 Å². The molecule has 24 heavy (non-hydrogen) atoms. The minimum Gasteiger partial charge on any atom is -0.493 e. The summed E-state index contributed by atoms with van der Waals surface area (Å²) in [5, 5.41) is 12.4. The van der Waals surface area contributed by atoms with Crippen molar-refractivity contribution in [2.75, 3.05) is 11.1 Å². The maximum Gasteiger partial charge on any atom is 0.258 e. The molecule has 0 bridgehead atoms. The van der Waals surface area contributed by atoms with Crippen LogP contribution in [0.2, 0.25) is 0 Å². The number of H-pyrrole nitrogens is 1. The minimum atomic E-state index is -0.530. The van der Waals surface area contributed by atoms with E-state index in [0.29, 0.717) is 6.42 Å². The summed E-state index contributed by atoms with van der Waals surface area (Å²) >= 11 is 0.948. The number of para-hydroxylation sites is 1. The summed E-state index contributed by atoms with van der Waals surface area (Å²) in [5.41, 5.74) is -0.113. The van der Waals surface area contributed by atoms with Gasteiger partial charge in [0.1, 0.15) is 5.82 Å². The lowest BCUT2D eigenvalue weighted by atomic mass is 10.1. The van der Waals surface area contributed by atoms with Crippen molar-refractivity contribution in [2.24, 2.45) is 5.92 Å². The number of carbonyl (C=O) groups excluding carboxylic acids is 1. The van der Waals surface area contributed by atoms with E-state index in [0.717, 1.165) is 11.8 Å². The molecular weight excluding hydrogens is 333 g/mol. The van der Waals surface area contributed by atoms with Crippen LogP contribution < -0.4 is 10.9 Å². The Kier molecular flexibility index (Phi) is 5.97. The van der Waals surface area contributed by atoms with Gasteiger partial charge in [-0.05, 0) is 24.5 Å². The smallest absolute Gasteiger partial charge is 0.258 e. The van der Waals surface area contributed by atoms with Crippen molar-refractivity contribution in [2.45, 2.75) is 25.4 Å². The number of carbonyl (C=O) groups is 1. The van der Waals surface area contributed by atoms with Crippen molar-refractivity contribution in [3.63, 3.8) is 0 Å². The van der Waals surface area contributed by atoms with Gasteiger partial charge in [0.05, 0.1) is 17.0 Å². The Bertz CT molecular complexity index is 792. The van der Waals surface area contributed by atoms with Gasteiger partial charge in [-0.3, -0.25) is 9.59 Å². The second kappa shape index (κ2) is 7.96. The highest BCUT2D eigenvalue weighted by Gasteiger charge is 2.14. The molecule has 1 heterocycles. The molecule has 6 nitrogen and oxygen atoms in total. The summed E-state index contributed by atoms with van der Waals surface area (Å²) in [6.07, 6.45) is 0.410. The first-order valence-corrected chi connectivity index (χ1v) is 8.34. The summed E-state index contributed by atoms with van der Waals surface area (Å²) in [6, 6.07) is 5.82. The number of halogens is 1. The largest absolute Gasteiger partial charge is 0.493 e. The highest BCUT2D eigenvalue weighted by molar-refractivity contribution is 7.99. The number of amides is 1. The Hall–Kier alpha value is -2.35. The lowest BCUT2D eigenvalue weighted by Crippen LogP contribution is -2.18. The predicted octanol–water partition coefficient (Wildman–Crippen LogP) is 2.54. The summed E-state index contributed by atoms with van der Waals surface area (Å²) in [4.78, 5) is 30.2. The molecule has 8 heteroatoms. The molecule has 128 valence electrons. The van der Waals surface area contributed by atoms with Crippen molar-refractivity contribution in [3.8, 4) is 5.88 Å². The van der Waals surface area contributed by atoms with Gasteiger partial charge in [-0.25, -0.2) is 4.39 Å². The van der Waals surface area contributed by atoms with Gasteiger partial charge in [0, 0.05) is 0 Å². The number of aromatic amines is 1. The van der Waals surface area contributed by atoms with Crippen molar-refractivity contribution in [3.05, 3.63) is 46.0 Å². The number of hydrogen-bond donors (Lipinski definition) is 3. The van der Waals surface area contributed by atoms with Gasteiger partial charge < -0.3 is 15.4 Å². The monoisotopic (exact) mass is 351 g/mol. The van der Waals surface area contributed by atoms with E-state index in [1.54, 1.807) is 6.07 Å². The number of nitrogens with one attached hydrogen (secondary N) is 2. The number of aromatic nitrogens is 2. The van der Waals surface area contributed by atoms with Crippen molar-refractivity contribution < 1.29 is 14.3 Å². The minimum absolute atomic E-state index is 0.0830. The molecule has 0 saturated heterocycles. The van der Waals surface area contributed by atoms with E-state index in [9.17, 15) is 19.1 Å². The van der Waals surface area contributed by atoms with E-state index in [2.05, 4.69) is 15.3 Å². The second-order valence-electron chi connectivity index (χ2n) is 5.59. The molecule has 0 aliphatic heterocycles. The average Bonchev–Trinajstić information content (AvgIpc) is 2.51. The van der Waals surface area contributed by atoms with E-state index in [-0.39, 0.29) is 34.0 Å². The van der Waals surface area contributed by atoms with Gasteiger partial charge in [-0.15, -0.1) is 0 Å². The Morgan fingerprint density at radius 1 is 1.42 bits per heavy atom. The topological polar surface area (TPSA) is 95.1 Å². The Morgan fingerprint density at radius 2 is 2.12 bits per heavy atom. The fourth-order valence-electron chi connectivity index (χ4n) is 2.01. The zero-order chi connectivity index (χ0) is 17.7. The van der Waals surface area contributed by atoms with Crippen LogP contribution in [0, 0.1) is 11.7 Å². The summed E-state index contributed by atoms with van der Waals surface area (Å²) in [5.74, 6) is -1.19. The number of nitrogens with zero attached hydrogens (tertiary/aromatic N) is 1. The van der Waals surface area contributed by atoms with Crippen molar-refractivity contribution in [1.82, 2.24) is 9.97 Å². The summed E-state index contributed by atoms with van der Waals surface area (Å²) < 4.78 is 13.5. The normalized spacial score (nSPS) is 10.8. The van der Waals surface area contributed by atoms with E-state index in [1.807, 2.05) is 13.8 Å². The SMILES string of the molecule is CC(C)Cc1c(O)nc(SCC(=O)Nc2ccccc2F)[nH]c1=O. The third-order valence-corrected chi connectivity index (χ3v) is 3.95. The van der Waals surface area contributed by atoms with E-state index >= 15 is 0 Å². The zero-order valence-electron chi connectivity index (χ0n) is 13.3. The fraction of sp³-hybridized carbons (Fsp3) is 0.312. The number of hydrogen-bond acceptors (Lipinski definition) is 5. The van der Waals surface area contributed by atoms with Crippen LogP contribution >= 0.6 is 11.8 Å². The highest BCUT2D eigenvalue weighted by Crippen LogP contribution is 2.19. The quantitative estimate of drug-likeness (QED) is 0.549. The number of anilines is 1. The van der Waals surface area contributed by atoms with Crippen LogP contribution in [-0.4, -0.2) is 26.7 Å². The molecule has 0 aliphatic rings. The molecule has 3 N–H and O–H groups in total. The van der Waals surface area contributed by atoms with E-state index in [4.69, 9.17) is 0 Å². The van der Waals surface area contributed by atoms with E-state index < -0.39 is 17.3 Å². The van der Waals surface area contributed by atoms with Crippen molar-refractivity contribution in [1.29, 1.82) is 0 Å². The molecular formula is C16H18FN3O3S. The Labute approximate surface area is 142 Å². The maximum absolute atomic E-state index is 13.5. The van der Waals surface area contributed by atoms with Crippen LogP contribution in [0.3, 0.4) is 0 Å². The Balaban J connectivity index is 2.00. The molecule has 1 aromatic heterocycles. The lowest BCUT2D eigenvalue weighted by molar-refractivity contribution is -0.113. The van der Waals surface area contributed by atoms with Crippen LogP contribution in [0.1, 0.15) is 19.4 Å². The molecule has 1 amide bonds. The molecule has 1 aromatic carbocycles. The van der Waals surface area contributed by atoms with Crippen LogP contribution in [-0.2, 0) is 11.2 Å². The molecule has 0 aliphatic carbocycles. The average molecular weight is 351 g/mol. The zero-order valence-corrected chi connectivity index (χ0v) is 14.1. The van der Waals surface area contributed by atoms with Crippen LogP contribution in [0.15, 0.2) is 34.2 Å². The molecule has 0 radical (unpaired) electrons. The summed E-state index contributed by atoms with van der Waals surface area (Å²) in [6.45, 7) is 3.85. The number of thioether (sulfide) groups is 1. The third kappa shape index (κ3) is 4.82. The van der Waals surface area contributed by atoms with Gasteiger partial charge >= 0.3 is 0 Å². The van der Waals surface area contributed by atoms with Gasteiger partial charge in [-0.2, -0.15) is 4.98 Å². The van der Waals surface area contributed by atoms with Gasteiger partial charge in [0.2, 0.25) is 11.8 Å². The number of rotatable bonds is 6. The molecule has 0 spiro atoms. The first kappa shape index (κ1) is 18.0.